The van der Waals surface area contributed by atoms with Gasteiger partial charge in [0.05, 0.1) is 5.60 Å². The molecule has 0 aliphatic heterocycles. The van der Waals surface area contributed by atoms with Gasteiger partial charge in [-0.15, -0.1) is 0 Å². The summed E-state index contributed by atoms with van der Waals surface area (Å²) >= 11 is 0. The molecule has 0 aromatic rings. The van der Waals surface area contributed by atoms with Crippen LogP contribution >= 0.6 is 0 Å². The van der Waals surface area contributed by atoms with Gasteiger partial charge in [-0.2, -0.15) is 27.7 Å². The number of aliphatic hydroxyl groups is 7. The maximum absolute atomic E-state index is 10.5. The number of carbonyl (C=O) groups is 4. The maximum Gasteiger partial charge on any atom is 2.00 e. The molecule has 0 amide bonds. The minimum Gasteiger partial charge on any atom is -0.479 e. The van der Waals surface area contributed by atoms with E-state index < -0.39 is 53.9 Å². The van der Waals surface area contributed by atoms with Crippen molar-refractivity contribution in [1.82, 2.24) is 0 Å². The van der Waals surface area contributed by atoms with E-state index in [1.165, 1.54) is 0 Å². The maximum atomic E-state index is 10.5. The van der Waals surface area contributed by atoms with E-state index in [9.17, 15) is 19.2 Å². The minimum absolute atomic E-state index is 0. The van der Waals surface area contributed by atoms with Gasteiger partial charge in [-0.25, -0.2) is 29.0 Å². The molecule has 4 atom stereocenters. The molecule has 0 bridgehead atoms. The molecule has 0 aliphatic rings. The van der Waals surface area contributed by atoms with E-state index in [-0.39, 0.29) is 46.1 Å². The number of carboxylic acid groups (broad SMARTS) is 4. The fourth-order valence-electron chi connectivity index (χ4n) is 0.825. The Hall–Kier alpha value is -1.77. The zero-order valence-electron chi connectivity index (χ0n) is 31.1. The average molecular weight is 747 g/mol. The fraction of sp³-hybridized carbons (Fsp3) is 0.800. The van der Waals surface area contributed by atoms with Gasteiger partial charge in [0.25, 0.3) is 0 Å². The normalized spacial score (nSPS) is 12.0. The van der Waals surface area contributed by atoms with Crippen LogP contribution in [0.1, 0.15) is 104 Å². The smallest absolute Gasteiger partial charge is 0.479 e. The van der Waals surface area contributed by atoms with E-state index in [0.717, 1.165) is 0 Å². The summed E-state index contributed by atoms with van der Waals surface area (Å²) in [6.45, 7) is 26.5. The first-order valence-corrected chi connectivity index (χ1v) is 14.4. The van der Waals surface area contributed by atoms with Gasteiger partial charge in [-0.05, 0) is 76.2 Å². The van der Waals surface area contributed by atoms with Crippen molar-refractivity contribution < 1.29 is 107 Å². The minimum atomic E-state index is -2.27. The van der Waals surface area contributed by atoms with Crippen molar-refractivity contribution in [3.05, 3.63) is 12.8 Å². The topological polar surface area (TPSA) is 309 Å². The van der Waals surface area contributed by atoms with Gasteiger partial charge in [-0.1, -0.05) is 0 Å². The molecule has 17 nitrogen and oxygen atoms in total. The average Bonchev–Trinajstić information content (AvgIpc) is 2.82. The van der Waals surface area contributed by atoms with Crippen LogP contribution in [0.15, 0.2) is 0 Å². The molecule has 4 unspecified atom stereocenters. The van der Waals surface area contributed by atoms with Crippen molar-refractivity contribution in [2.45, 2.75) is 158 Å². The van der Waals surface area contributed by atoms with Crippen LogP contribution in [0.3, 0.4) is 0 Å². The van der Waals surface area contributed by atoms with Crippen molar-refractivity contribution in [3.8, 4) is 0 Å². The summed E-state index contributed by atoms with van der Waals surface area (Å²) in [5.41, 5.74) is -0.800. The fourth-order valence-corrected chi connectivity index (χ4v) is 0.825. The molecular weight excluding hydrogens is 680 g/mol. The second kappa shape index (κ2) is 45.2. The quantitative estimate of drug-likeness (QED) is 0.0726. The second-order valence-corrected chi connectivity index (χ2v) is 10.9. The van der Waals surface area contributed by atoms with Crippen molar-refractivity contribution in [1.29, 1.82) is 0 Å². The molecule has 0 saturated carbocycles. The largest absolute Gasteiger partial charge is 2.00 e. The van der Waals surface area contributed by atoms with Gasteiger partial charge in [0.2, 0.25) is 6.10 Å². The van der Waals surface area contributed by atoms with Crippen LogP contribution in [0.2, 0.25) is 0 Å². The molecule has 0 radical (unpaired) electrons. The van der Waals surface area contributed by atoms with Crippen LogP contribution < -0.4 is 0 Å². The Morgan fingerprint density at radius 2 is 0.646 bits per heavy atom. The third-order valence-electron chi connectivity index (χ3n) is 1.99. The van der Waals surface area contributed by atoms with E-state index in [4.69, 9.17) is 56.2 Å². The first-order chi connectivity index (χ1) is 20.9. The summed E-state index contributed by atoms with van der Waals surface area (Å²) in [5.74, 6) is -6.85. The monoisotopic (exact) mass is 746 g/mol. The summed E-state index contributed by atoms with van der Waals surface area (Å²) in [6, 6.07) is 0. The van der Waals surface area contributed by atoms with Gasteiger partial charge in [-0.3, -0.25) is 0 Å². The van der Waals surface area contributed by atoms with Gasteiger partial charge >= 0.3 is 45.6 Å². The SMILES string of the molecule is CC(C)(C)OOC(C(=O)O)C(O)C(=O)O.CC(C)O.CC(C)O.CC(C)O.CC(C)O.C[CH-]C.C[CH-]C.O=C(O)C(O)C(O)C(=O)O.[Ti+2]. The standard InChI is InChI=1S/C8H14O7.C4H6O6.4C3H8O.2C3H7.Ti/c1-8(2,3)15-14-5(7(12)13)4(9)6(10)11;5-1(3(7)8)2(6)4(9)10;4*1-3(2)4;2*1-3-2;/h4-5,9H,1-3H3,(H,10,11)(H,12,13);1-2,5-6H,(H,7,8)(H,9,10);4*3-4H,1-2H3;2*3H,1-2H3;/q;;;;;;2*-1;+2. The zero-order valence-corrected chi connectivity index (χ0v) is 32.7. The number of aliphatic hydroxyl groups excluding tert-OH is 7. The molecular formula is C30H66O17Ti. The molecule has 0 aromatic heterocycles. The molecule has 11 N–H and O–H groups in total. The van der Waals surface area contributed by atoms with Crippen molar-refractivity contribution in [2.75, 3.05) is 0 Å². The Balaban J connectivity index is -0.0000000570. The molecule has 0 rings (SSSR count). The molecule has 0 aliphatic carbocycles. The predicted octanol–water partition coefficient (Wildman–Crippen LogP) is 1.52. The van der Waals surface area contributed by atoms with Crippen LogP contribution in [0.5, 0.6) is 0 Å². The van der Waals surface area contributed by atoms with Crippen LogP contribution in [0.25, 0.3) is 0 Å². The molecule has 0 aromatic carbocycles. The Labute approximate surface area is 301 Å². The van der Waals surface area contributed by atoms with E-state index in [2.05, 4.69) is 9.78 Å². The van der Waals surface area contributed by atoms with Crippen LogP contribution in [-0.4, -0.2) is 134 Å². The number of rotatable bonds is 8. The molecule has 0 fully saturated rings. The Morgan fingerprint density at radius 1 is 0.479 bits per heavy atom. The second-order valence-electron chi connectivity index (χ2n) is 10.9. The molecule has 0 spiro atoms. The van der Waals surface area contributed by atoms with Gasteiger partial charge in [0.1, 0.15) is 0 Å². The third-order valence-corrected chi connectivity index (χ3v) is 1.99. The molecule has 48 heavy (non-hydrogen) atoms. The summed E-state index contributed by atoms with van der Waals surface area (Å²) in [7, 11) is 0. The van der Waals surface area contributed by atoms with E-state index >= 15 is 0 Å². The summed E-state index contributed by atoms with van der Waals surface area (Å²) in [6.07, 6.45) is -5.33. The zero-order chi connectivity index (χ0) is 40.3. The summed E-state index contributed by atoms with van der Waals surface area (Å²) in [5, 5.41) is 90.7. The van der Waals surface area contributed by atoms with Gasteiger partial charge < -0.3 is 69.0 Å². The predicted molar refractivity (Wildman–Crippen MR) is 175 cm³/mol. The van der Waals surface area contributed by atoms with Crippen molar-refractivity contribution in [3.63, 3.8) is 0 Å². The van der Waals surface area contributed by atoms with E-state index in [1.54, 1.807) is 76.2 Å². The summed E-state index contributed by atoms with van der Waals surface area (Å²) in [4.78, 5) is 49.4. The first kappa shape index (κ1) is 68.2. The number of hydrogen-bond donors (Lipinski definition) is 11. The number of aliphatic carboxylic acids is 4. The summed E-state index contributed by atoms with van der Waals surface area (Å²) < 4.78 is 0. The molecule has 18 heteroatoms. The van der Waals surface area contributed by atoms with Crippen LogP contribution in [0, 0.1) is 12.8 Å². The van der Waals surface area contributed by atoms with Crippen LogP contribution in [0.4, 0.5) is 0 Å². The molecule has 0 saturated heterocycles. The Morgan fingerprint density at radius 3 is 0.750 bits per heavy atom. The van der Waals surface area contributed by atoms with Gasteiger partial charge in [0.15, 0.2) is 18.3 Å². The molecule has 0 heterocycles. The third kappa shape index (κ3) is 104. The van der Waals surface area contributed by atoms with E-state index in [0.29, 0.717) is 0 Å². The number of carboxylic acids is 4. The Bertz CT molecular complexity index is 642. The van der Waals surface area contributed by atoms with Crippen LogP contribution in [-0.2, 0) is 50.7 Å². The first-order valence-electron chi connectivity index (χ1n) is 14.4. The van der Waals surface area contributed by atoms with Crippen molar-refractivity contribution >= 4 is 23.9 Å². The van der Waals surface area contributed by atoms with Gasteiger partial charge in [0, 0.05) is 24.4 Å². The van der Waals surface area contributed by atoms with Crippen molar-refractivity contribution in [2.24, 2.45) is 0 Å². The molecule has 292 valence electrons. The van der Waals surface area contributed by atoms with E-state index in [1.807, 2.05) is 40.5 Å². The number of hydrogen-bond acceptors (Lipinski definition) is 13. The Kier molecular flexibility index (Phi) is 64.3.